The summed E-state index contributed by atoms with van der Waals surface area (Å²) >= 11 is 0. The highest BCUT2D eigenvalue weighted by Gasteiger charge is 2.22. The highest BCUT2D eigenvalue weighted by molar-refractivity contribution is 7.89. The van der Waals surface area contributed by atoms with Crippen molar-refractivity contribution in [2.75, 3.05) is 20.3 Å². The minimum absolute atomic E-state index is 0.0748. The molecular formula is C20H24FN5O3S. The van der Waals surface area contributed by atoms with Crippen LogP contribution in [0.15, 0.2) is 59.6 Å². The number of nitrogens with zero attached hydrogens (tertiary/aromatic N) is 4. The summed E-state index contributed by atoms with van der Waals surface area (Å²) in [5, 5.41) is 8.13. The van der Waals surface area contributed by atoms with Crippen molar-refractivity contribution in [3.63, 3.8) is 0 Å². The highest BCUT2D eigenvalue weighted by atomic mass is 32.2. The SMILES string of the molecule is CN(Cc1cn(-c2ccc(OCCCF)cc2)nn1)S(=O)(=O)c1ccc(CN)cc1. The van der Waals surface area contributed by atoms with Gasteiger partial charge in [-0.3, -0.25) is 4.39 Å². The quantitative estimate of drug-likeness (QED) is 0.492. The monoisotopic (exact) mass is 433 g/mol. The van der Waals surface area contributed by atoms with Crippen LogP contribution in [0, 0.1) is 0 Å². The van der Waals surface area contributed by atoms with Crippen LogP contribution in [-0.4, -0.2) is 48.0 Å². The van der Waals surface area contributed by atoms with Gasteiger partial charge in [-0.1, -0.05) is 17.3 Å². The Hall–Kier alpha value is -2.82. The number of halogens is 1. The summed E-state index contributed by atoms with van der Waals surface area (Å²) in [6, 6.07) is 13.6. The molecule has 0 saturated carbocycles. The first-order chi connectivity index (χ1) is 14.4. The van der Waals surface area contributed by atoms with Gasteiger partial charge in [-0.15, -0.1) is 5.10 Å². The van der Waals surface area contributed by atoms with E-state index in [0.717, 1.165) is 11.3 Å². The van der Waals surface area contributed by atoms with Crippen molar-refractivity contribution in [1.82, 2.24) is 19.3 Å². The Balaban J connectivity index is 1.67. The van der Waals surface area contributed by atoms with Crippen molar-refractivity contribution in [1.29, 1.82) is 0 Å². The molecule has 0 unspecified atom stereocenters. The molecule has 0 radical (unpaired) electrons. The number of hydrogen-bond donors (Lipinski definition) is 1. The zero-order valence-electron chi connectivity index (χ0n) is 16.6. The van der Waals surface area contributed by atoms with Crippen molar-refractivity contribution >= 4 is 10.0 Å². The van der Waals surface area contributed by atoms with Crippen LogP contribution < -0.4 is 10.5 Å². The zero-order valence-corrected chi connectivity index (χ0v) is 17.4. The molecule has 0 bridgehead atoms. The number of alkyl halides is 1. The molecule has 0 aliphatic rings. The van der Waals surface area contributed by atoms with Gasteiger partial charge in [-0.25, -0.2) is 13.1 Å². The molecule has 0 fully saturated rings. The van der Waals surface area contributed by atoms with Crippen molar-refractivity contribution in [3.05, 3.63) is 66.0 Å². The topological polar surface area (TPSA) is 103 Å². The number of aromatic nitrogens is 3. The maximum atomic E-state index is 12.8. The first kappa shape index (κ1) is 21.9. The Labute approximate surface area is 175 Å². The van der Waals surface area contributed by atoms with E-state index in [1.165, 1.54) is 11.4 Å². The lowest BCUT2D eigenvalue weighted by molar-refractivity contribution is 0.289. The largest absolute Gasteiger partial charge is 0.493 e. The van der Waals surface area contributed by atoms with Gasteiger partial charge >= 0.3 is 0 Å². The van der Waals surface area contributed by atoms with Gasteiger partial charge in [0.25, 0.3) is 0 Å². The summed E-state index contributed by atoms with van der Waals surface area (Å²) in [6.07, 6.45) is 2.02. The predicted octanol–water partition coefficient (Wildman–Crippen LogP) is 2.29. The molecule has 2 N–H and O–H groups in total. The molecule has 0 atom stereocenters. The molecule has 30 heavy (non-hydrogen) atoms. The molecule has 0 aliphatic carbocycles. The van der Waals surface area contributed by atoms with Crippen LogP contribution in [0.4, 0.5) is 4.39 Å². The Bertz CT molecular complexity index is 1050. The molecular weight excluding hydrogens is 409 g/mol. The molecule has 0 spiro atoms. The molecule has 160 valence electrons. The van der Waals surface area contributed by atoms with Gasteiger partial charge in [0.15, 0.2) is 0 Å². The van der Waals surface area contributed by atoms with Crippen LogP contribution in [0.25, 0.3) is 5.69 Å². The fourth-order valence-electron chi connectivity index (χ4n) is 2.73. The lowest BCUT2D eigenvalue weighted by Crippen LogP contribution is -2.26. The number of rotatable bonds is 10. The summed E-state index contributed by atoms with van der Waals surface area (Å²) in [7, 11) is -2.17. The van der Waals surface area contributed by atoms with E-state index in [4.69, 9.17) is 10.5 Å². The number of ether oxygens (including phenoxy) is 1. The van der Waals surface area contributed by atoms with E-state index in [0.29, 0.717) is 31.0 Å². The Morgan fingerprint density at radius 1 is 1.13 bits per heavy atom. The van der Waals surface area contributed by atoms with E-state index in [-0.39, 0.29) is 11.4 Å². The van der Waals surface area contributed by atoms with E-state index in [2.05, 4.69) is 10.3 Å². The van der Waals surface area contributed by atoms with Gasteiger partial charge in [0, 0.05) is 20.0 Å². The van der Waals surface area contributed by atoms with Gasteiger partial charge in [-0.2, -0.15) is 4.31 Å². The van der Waals surface area contributed by atoms with E-state index in [1.807, 2.05) is 0 Å². The highest BCUT2D eigenvalue weighted by Crippen LogP contribution is 2.18. The van der Waals surface area contributed by atoms with Crippen molar-refractivity contribution in [2.45, 2.75) is 24.4 Å². The second-order valence-electron chi connectivity index (χ2n) is 6.65. The molecule has 1 heterocycles. The van der Waals surface area contributed by atoms with Crippen molar-refractivity contribution in [2.24, 2.45) is 5.73 Å². The van der Waals surface area contributed by atoms with Gasteiger partial charge in [-0.05, 0) is 42.0 Å². The standard InChI is InChI=1S/C20H24FN5O3S/c1-25(30(27,28)20-9-3-16(13-22)4-10-20)14-17-15-26(24-23-17)18-5-7-19(8-6-18)29-12-2-11-21/h3-10,15H,2,11-14,22H2,1H3. The third-order valence-electron chi connectivity index (χ3n) is 4.44. The van der Waals surface area contributed by atoms with E-state index < -0.39 is 16.7 Å². The van der Waals surface area contributed by atoms with Crippen LogP contribution in [-0.2, 0) is 23.1 Å². The van der Waals surface area contributed by atoms with Crippen molar-refractivity contribution in [3.8, 4) is 11.4 Å². The second kappa shape index (κ2) is 9.79. The van der Waals surface area contributed by atoms with Crippen LogP contribution in [0.1, 0.15) is 17.7 Å². The van der Waals surface area contributed by atoms with Crippen LogP contribution in [0.5, 0.6) is 5.75 Å². The van der Waals surface area contributed by atoms with Gasteiger partial charge < -0.3 is 10.5 Å². The van der Waals surface area contributed by atoms with Gasteiger partial charge in [0.1, 0.15) is 5.75 Å². The summed E-state index contributed by atoms with van der Waals surface area (Å²) in [5.74, 6) is 0.638. The third kappa shape index (κ3) is 5.21. The lowest BCUT2D eigenvalue weighted by atomic mass is 10.2. The van der Waals surface area contributed by atoms with Gasteiger partial charge in [0.05, 0.1) is 42.3 Å². The molecule has 0 amide bonds. The second-order valence-corrected chi connectivity index (χ2v) is 8.69. The average molecular weight is 434 g/mol. The van der Waals surface area contributed by atoms with Crippen LogP contribution >= 0.6 is 0 Å². The molecule has 10 heteroatoms. The summed E-state index contributed by atoms with van der Waals surface area (Å²) < 4.78 is 45.9. The Morgan fingerprint density at radius 2 is 1.83 bits per heavy atom. The first-order valence-corrected chi connectivity index (χ1v) is 10.8. The molecule has 2 aromatic carbocycles. The molecule has 8 nitrogen and oxygen atoms in total. The van der Waals surface area contributed by atoms with Crippen LogP contribution in [0.3, 0.4) is 0 Å². The predicted molar refractivity (Wildman–Crippen MR) is 110 cm³/mol. The summed E-state index contributed by atoms with van der Waals surface area (Å²) in [4.78, 5) is 0.193. The smallest absolute Gasteiger partial charge is 0.243 e. The maximum Gasteiger partial charge on any atom is 0.243 e. The molecule has 3 rings (SSSR count). The molecule has 0 aliphatic heterocycles. The number of sulfonamides is 1. The number of hydrogen-bond acceptors (Lipinski definition) is 6. The van der Waals surface area contributed by atoms with Crippen LogP contribution in [0.2, 0.25) is 0 Å². The van der Waals surface area contributed by atoms with Crippen molar-refractivity contribution < 1.29 is 17.5 Å². The normalized spacial score (nSPS) is 11.7. The number of benzene rings is 2. The minimum atomic E-state index is -3.66. The fraction of sp³-hybridized carbons (Fsp3) is 0.300. The summed E-state index contributed by atoms with van der Waals surface area (Å²) in [5.41, 5.74) is 7.67. The zero-order chi connectivity index (χ0) is 21.6. The summed E-state index contributed by atoms with van der Waals surface area (Å²) in [6.45, 7) is 0.331. The molecule has 0 saturated heterocycles. The lowest BCUT2D eigenvalue weighted by Gasteiger charge is -2.16. The average Bonchev–Trinajstić information content (AvgIpc) is 3.23. The first-order valence-electron chi connectivity index (χ1n) is 9.40. The Morgan fingerprint density at radius 3 is 2.47 bits per heavy atom. The van der Waals surface area contributed by atoms with E-state index >= 15 is 0 Å². The van der Waals surface area contributed by atoms with E-state index in [1.54, 1.807) is 59.4 Å². The maximum absolute atomic E-state index is 12.8. The van der Waals surface area contributed by atoms with Gasteiger partial charge in [0.2, 0.25) is 10.0 Å². The fourth-order valence-corrected chi connectivity index (χ4v) is 3.87. The molecule has 3 aromatic rings. The third-order valence-corrected chi connectivity index (χ3v) is 6.26. The van der Waals surface area contributed by atoms with E-state index in [9.17, 15) is 12.8 Å². The molecule has 1 aromatic heterocycles. The number of nitrogens with two attached hydrogens (primary N) is 1. The Kier molecular flexibility index (Phi) is 7.14. The minimum Gasteiger partial charge on any atom is -0.493 e.